The molecule has 7 nitrogen and oxygen atoms in total. The average Bonchev–Trinajstić information content (AvgIpc) is 3.07. The number of piperazine rings is 1. The van der Waals surface area contributed by atoms with Crippen LogP contribution in [0, 0.1) is 5.92 Å². The lowest BCUT2D eigenvalue weighted by Gasteiger charge is -2.37. The zero-order chi connectivity index (χ0) is 22.0. The molecule has 7 heteroatoms. The van der Waals surface area contributed by atoms with Crippen LogP contribution in [-0.2, 0) is 9.59 Å². The Bertz CT molecular complexity index is 834. The van der Waals surface area contributed by atoms with Gasteiger partial charge in [0.05, 0.1) is 11.1 Å². The van der Waals surface area contributed by atoms with E-state index in [4.69, 9.17) is 0 Å². The first kappa shape index (κ1) is 21.5. The van der Waals surface area contributed by atoms with E-state index in [1.54, 1.807) is 36.1 Å². The van der Waals surface area contributed by atoms with Gasteiger partial charge in [-0.05, 0) is 31.4 Å². The number of benzene rings is 1. The third kappa shape index (κ3) is 4.36. The predicted octanol–water partition coefficient (Wildman–Crippen LogP) is 2.70. The second-order valence-electron chi connectivity index (χ2n) is 8.95. The molecule has 166 valence electrons. The van der Waals surface area contributed by atoms with Crippen molar-refractivity contribution < 1.29 is 19.2 Å². The van der Waals surface area contributed by atoms with Crippen LogP contribution in [0.3, 0.4) is 0 Å². The Morgan fingerprint density at radius 2 is 1.45 bits per heavy atom. The fraction of sp³-hybridized carbons (Fsp3) is 0.583. The van der Waals surface area contributed by atoms with Crippen LogP contribution in [-0.4, -0.2) is 70.5 Å². The van der Waals surface area contributed by atoms with Crippen LogP contribution in [0.1, 0.15) is 72.6 Å². The van der Waals surface area contributed by atoms with Gasteiger partial charge in [0.25, 0.3) is 11.8 Å². The highest BCUT2D eigenvalue weighted by Crippen LogP contribution is 2.28. The molecule has 1 aromatic carbocycles. The highest BCUT2D eigenvalue weighted by atomic mass is 16.2. The van der Waals surface area contributed by atoms with E-state index < -0.39 is 17.9 Å². The first-order valence-electron chi connectivity index (χ1n) is 11.5. The number of nitrogens with zero attached hydrogens (tertiary/aromatic N) is 3. The molecular weight excluding hydrogens is 394 g/mol. The maximum Gasteiger partial charge on any atom is 0.262 e. The summed E-state index contributed by atoms with van der Waals surface area (Å²) in [6, 6.07) is 5.80. The molecule has 3 aliphatic rings. The Morgan fingerprint density at radius 1 is 0.903 bits per heavy atom. The molecule has 0 radical (unpaired) electrons. The van der Waals surface area contributed by atoms with Gasteiger partial charge in [-0.2, -0.15) is 0 Å². The van der Waals surface area contributed by atoms with E-state index in [-0.39, 0.29) is 11.8 Å². The second-order valence-corrected chi connectivity index (χ2v) is 8.95. The molecule has 2 fully saturated rings. The lowest BCUT2D eigenvalue weighted by Crippen LogP contribution is -2.56. The Morgan fingerprint density at radius 3 is 2.03 bits per heavy atom. The Labute approximate surface area is 183 Å². The third-order valence-corrected chi connectivity index (χ3v) is 7.01. The summed E-state index contributed by atoms with van der Waals surface area (Å²) < 4.78 is 0. The average molecular weight is 426 g/mol. The zero-order valence-corrected chi connectivity index (χ0v) is 18.2. The van der Waals surface area contributed by atoms with Crippen molar-refractivity contribution in [3.8, 4) is 0 Å². The summed E-state index contributed by atoms with van der Waals surface area (Å²) in [5.74, 6) is -0.230. The molecule has 0 N–H and O–H groups in total. The van der Waals surface area contributed by atoms with Gasteiger partial charge in [-0.15, -0.1) is 0 Å². The summed E-state index contributed by atoms with van der Waals surface area (Å²) in [5.41, 5.74) is 0.695. The quantitative estimate of drug-likeness (QED) is 0.680. The van der Waals surface area contributed by atoms with Gasteiger partial charge in [0.15, 0.2) is 0 Å². The topological polar surface area (TPSA) is 78.0 Å². The first-order valence-corrected chi connectivity index (χ1v) is 11.5. The van der Waals surface area contributed by atoms with Crippen LogP contribution in [0.15, 0.2) is 24.3 Å². The van der Waals surface area contributed by atoms with Crippen molar-refractivity contribution in [1.29, 1.82) is 0 Å². The summed E-state index contributed by atoms with van der Waals surface area (Å²) >= 11 is 0. The van der Waals surface area contributed by atoms with Gasteiger partial charge in [-0.3, -0.25) is 24.1 Å². The molecule has 4 amide bonds. The molecule has 0 aromatic heterocycles. The molecule has 1 unspecified atom stereocenters. The second kappa shape index (κ2) is 9.20. The molecule has 4 rings (SSSR count). The van der Waals surface area contributed by atoms with Crippen LogP contribution in [0.2, 0.25) is 0 Å². The number of imide groups is 1. The van der Waals surface area contributed by atoms with Gasteiger partial charge in [0.1, 0.15) is 6.04 Å². The molecule has 0 bridgehead atoms. The molecule has 1 aliphatic carbocycles. The summed E-state index contributed by atoms with van der Waals surface area (Å²) in [7, 11) is 0. The SMILES string of the molecule is CC(C(=O)N1CCN(C(=O)CCC2CCCCC2)CC1)N1C(=O)c2ccccc2C1=O. The van der Waals surface area contributed by atoms with Gasteiger partial charge < -0.3 is 9.80 Å². The summed E-state index contributed by atoms with van der Waals surface area (Å²) in [6.07, 6.45) is 7.92. The van der Waals surface area contributed by atoms with E-state index in [1.807, 2.05) is 4.90 Å². The van der Waals surface area contributed by atoms with Crippen LogP contribution < -0.4 is 0 Å². The van der Waals surface area contributed by atoms with E-state index in [0.29, 0.717) is 49.6 Å². The van der Waals surface area contributed by atoms with Crippen molar-refractivity contribution in [2.45, 2.75) is 57.9 Å². The molecule has 1 saturated heterocycles. The minimum Gasteiger partial charge on any atom is -0.339 e. The first-order chi connectivity index (χ1) is 15.0. The van der Waals surface area contributed by atoms with Crippen molar-refractivity contribution in [3.05, 3.63) is 35.4 Å². The van der Waals surface area contributed by atoms with Gasteiger partial charge in [-0.25, -0.2) is 0 Å². The minimum atomic E-state index is -0.860. The molecular formula is C24H31N3O4. The molecule has 31 heavy (non-hydrogen) atoms. The number of carbonyl (C=O) groups is 4. The molecule has 1 saturated carbocycles. The smallest absolute Gasteiger partial charge is 0.262 e. The molecule has 2 aliphatic heterocycles. The summed E-state index contributed by atoms with van der Waals surface area (Å²) in [6.45, 7) is 3.48. The largest absolute Gasteiger partial charge is 0.339 e. The monoisotopic (exact) mass is 425 g/mol. The van der Waals surface area contributed by atoms with Crippen molar-refractivity contribution in [2.24, 2.45) is 5.92 Å². The maximum atomic E-state index is 13.0. The van der Waals surface area contributed by atoms with Gasteiger partial charge in [-0.1, -0.05) is 44.2 Å². The number of hydrogen-bond donors (Lipinski definition) is 0. The number of amides is 4. The van der Waals surface area contributed by atoms with Crippen LogP contribution in [0.25, 0.3) is 0 Å². The fourth-order valence-corrected chi connectivity index (χ4v) is 5.07. The Hall–Kier alpha value is -2.70. The van der Waals surface area contributed by atoms with E-state index in [2.05, 4.69) is 0 Å². The maximum absolute atomic E-state index is 13.0. The van der Waals surface area contributed by atoms with Crippen LogP contribution >= 0.6 is 0 Å². The molecule has 2 heterocycles. The van der Waals surface area contributed by atoms with Crippen molar-refractivity contribution in [1.82, 2.24) is 14.7 Å². The van der Waals surface area contributed by atoms with Gasteiger partial charge in [0.2, 0.25) is 11.8 Å². The number of rotatable bonds is 5. The lowest BCUT2D eigenvalue weighted by molar-refractivity contribution is -0.141. The van der Waals surface area contributed by atoms with E-state index in [0.717, 1.165) is 11.3 Å². The number of fused-ring (bicyclic) bond motifs is 1. The van der Waals surface area contributed by atoms with Crippen molar-refractivity contribution in [3.63, 3.8) is 0 Å². The van der Waals surface area contributed by atoms with E-state index >= 15 is 0 Å². The normalized spacial score (nSPS) is 20.7. The van der Waals surface area contributed by atoms with Crippen LogP contribution in [0.5, 0.6) is 0 Å². The van der Waals surface area contributed by atoms with Gasteiger partial charge in [0, 0.05) is 32.6 Å². The molecule has 1 aromatic rings. The van der Waals surface area contributed by atoms with Crippen LogP contribution in [0.4, 0.5) is 0 Å². The van der Waals surface area contributed by atoms with E-state index in [1.165, 1.54) is 32.1 Å². The zero-order valence-electron chi connectivity index (χ0n) is 18.2. The summed E-state index contributed by atoms with van der Waals surface area (Å²) in [4.78, 5) is 55.5. The van der Waals surface area contributed by atoms with Gasteiger partial charge >= 0.3 is 0 Å². The highest BCUT2D eigenvalue weighted by Gasteiger charge is 2.42. The third-order valence-electron chi connectivity index (χ3n) is 7.01. The standard InChI is InChI=1S/C24H31N3O4/c1-17(27-23(30)19-9-5-6-10-20(19)24(27)31)22(29)26-15-13-25(14-16-26)21(28)12-11-18-7-3-2-4-8-18/h5-6,9-10,17-18H,2-4,7-8,11-16H2,1H3. The molecule has 1 atom stereocenters. The predicted molar refractivity (Wildman–Crippen MR) is 115 cm³/mol. The fourth-order valence-electron chi connectivity index (χ4n) is 5.07. The summed E-state index contributed by atoms with van der Waals surface area (Å²) in [5, 5.41) is 0. The molecule has 0 spiro atoms. The Balaban J connectivity index is 1.28. The lowest BCUT2D eigenvalue weighted by atomic mass is 9.86. The number of hydrogen-bond acceptors (Lipinski definition) is 4. The minimum absolute atomic E-state index is 0.172. The van der Waals surface area contributed by atoms with E-state index in [9.17, 15) is 19.2 Å². The Kier molecular flexibility index (Phi) is 6.39. The number of carbonyl (C=O) groups excluding carboxylic acids is 4. The van der Waals surface area contributed by atoms with Crippen molar-refractivity contribution >= 4 is 23.6 Å². The van der Waals surface area contributed by atoms with Crippen molar-refractivity contribution in [2.75, 3.05) is 26.2 Å². The highest BCUT2D eigenvalue weighted by molar-refractivity contribution is 6.22.